The summed E-state index contributed by atoms with van der Waals surface area (Å²) in [7, 11) is 1.61. The molecule has 0 heterocycles. The van der Waals surface area contributed by atoms with Gasteiger partial charge in [0.1, 0.15) is 0 Å². The van der Waals surface area contributed by atoms with Gasteiger partial charge in [0.15, 0.2) is 16.6 Å². The summed E-state index contributed by atoms with van der Waals surface area (Å²) in [6, 6.07) is 15.3. The van der Waals surface area contributed by atoms with Crippen LogP contribution in [0.15, 0.2) is 53.6 Å². The maximum atomic E-state index is 5.48. The van der Waals surface area contributed by atoms with Gasteiger partial charge in [-0.3, -0.25) is 5.43 Å². The minimum Gasteiger partial charge on any atom is -0.493 e. The minimum atomic E-state index is 0.422. The number of para-hydroxylation sites is 1. The molecule has 0 fully saturated rings. The lowest BCUT2D eigenvalue weighted by molar-refractivity contribution is 0.311. The smallest absolute Gasteiger partial charge is 0.191 e. The second-order valence-corrected chi connectivity index (χ2v) is 4.94. The summed E-state index contributed by atoms with van der Waals surface area (Å²) in [5.74, 6) is 1.38. The zero-order valence-corrected chi connectivity index (χ0v) is 13.9. The standard InChI is InChI=1S/C17H19N3O2S/c1-3-22-15-10-9-13(11-16(15)21-2)12-18-20-17(23)19-14-7-5-4-6-8-14/h4-12H,3H2,1-2H3,(H2,19,20,23)/b18-12+. The molecule has 0 aliphatic heterocycles. The fourth-order valence-corrected chi connectivity index (χ4v) is 2.06. The van der Waals surface area contributed by atoms with Crippen LogP contribution in [0.1, 0.15) is 12.5 Å². The number of benzene rings is 2. The molecule has 120 valence electrons. The van der Waals surface area contributed by atoms with Gasteiger partial charge in [0.2, 0.25) is 0 Å². The molecule has 0 radical (unpaired) electrons. The van der Waals surface area contributed by atoms with Gasteiger partial charge in [-0.05, 0) is 55.0 Å². The Morgan fingerprint density at radius 2 is 1.96 bits per heavy atom. The van der Waals surface area contributed by atoms with Crippen molar-refractivity contribution >= 4 is 29.2 Å². The predicted molar refractivity (Wildman–Crippen MR) is 97.6 cm³/mol. The van der Waals surface area contributed by atoms with Crippen molar-refractivity contribution in [2.75, 3.05) is 19.0 Å². The number of hydrogen-bond acceptors (Lipinski definition) is 4. The number of nitrogens with one attached hydrogen (secondary N) is 2. The maximum absolute atomic E-state index is 5.48. The van der Waals surface area contributed by atoms with Crippen LogP contribution in [0.2, 0.25) is 0 Å². The molecular weight excluding hydrogens is 310 g/mol. The first kappa shape index (κ1) is 16.8. The zero-order chi connectivity index (χ0) is 16.5. The second kappa shape index (κ2) is 8.75. The van der Waals surface area contributed by atoms with E-state index in [0.717, 1.165) is 11.3 Å². The van der Waals surface area contributed by atoms with Crippen LogP contribution in [0, 0.1) is 0 Å². The maximum Gasteiger partial charge on any atom is 0.191 e. The molecule has 0 atom stereocenters. The number of thiocarbonyl (C=S) groups is 1. The average molecular weight is 329 g/mol. The number of nitrogens with zero attached hydrogens (tertiary/aromatic N) is 1. The quantitative estimate of drug-likeness (QED) is 0.483. The summed E-state index contributed by atoms with van der Waals surface area (Å²) in [4.78, 5) is 0. The van der Waals surface area contributed by atoms with E-state index in [9.17, 15) is 0 Å². The van der Waals surface area contributed by atoms with E-state index < -0.39 is 0 Å². The topological polar surface area (TPSA) is 54.9 Å². The van der Waals surface area contributed by atoms with Crippen molar-refractivity contribution in [3.8, 4) is 11.5 Å². The van der Waals surface area contributed by atoms with E-state index in [0.29, 0.717) is 23.2 Å². The highest BCUT2D eigenvalue weighted by Crippen LogP contribution is 2.27. The molecule has 0 bridgehead atoms. The SMILES string of the molecule is CCOc1ccc(/C=N/NC(=S)Nc2ccccc2)cc1OC. The van der Waals surface area contributed by atoms with Gasteiger partial charge in [-0.2, -0.15) is 5.10 Å². The first-order valence-electron chi connectivity index (χ1n) is 7.19. The summed E-state index contributed by atoms with van der Waals surface area (Å²) in [5, 5.41) is 7.57. The summed E-state index contributed by atoms with van der Waals surface area (Å²) in [6.45, 7) is 2.52. The molecule has 0 aromatic heterocycles. The van der Waals surface area contributed by atoms with Crippen LogP contribution in [0.5, 0.6) is 11.5 Å². The van der Waals surface area contributed by atoms with Crippen LogP contribution in [0.3, 0.4) is 0 Å². The predicted octanol–water partition coefficient (Wildman–Crippen LogP) is 3.41. The average Bonchev–Trinajstić information content (AvgIpc) is 2.57. The molecule has 6 heteroatoms. The molecule has 2 aromatic carbocycles. The molecular formula is C17H19N3O2S. The number of anilines is 1. The van der Waals surface area contributed by atoms with Gasteiger partial charge in [0.05, 0.1) is 19.9 Å². The third-order valence-electron chi connectivity index (χ3n) is 2.90. The molecule has 23 heavy (non-hydrogen) atoms. The summed E-state index contributed by atoms with van der Waals surface area (Å²) in [5.41, 5.74) is 4.56. The van der Waals surface area contributed by atoms with Crippen molar-refractivity contribution in [2.24, 2.45) is 5.10 Å². The van der Waals surface area contributed by atoms with Crippen molar-refractivity contribution < 1.29 is 9.47 Å². The van der Waals surface area contributed by atoms with Crippen molar-refractivity contribution in [3.05, 3.63) is 54.1 Å². The Morgan fingerprint density at radius 1 is 1.17 bits per heavy atom. The molecule has 0 amide bonds. The highest BCUT2D eigenvalue weighted by molar-refractivity contribution is 7.80. The van der Waals surface area contributed by atoms with Crippen LogP contribution in [0.4, 0.5) is 5.69 Å². The van der Waals surface area contributed by atoms with Gasteiger partial charge in [-0.25, -0.2) is 0 Å². The van der Waals surface area contributed by atoms with Crippen molar-refractivity contribution in [2.45, 2.75) is 6.92 Å². The fourth-order valence-electron chi connectivity index (χ4n) is 1.89. The molecule has 2 rings (SSSR count). The lowest BCUT2D eigenvalue weighted by Crippen LogP contribution is -2.23. The van der Waals surface area contributed by atoms with E-state index in [2.05, 4.69) is 15.8 Å². The third-order valence-corrected chi connectivity index (χ3v) is 3.09. The normalized spacial score (nSPS) is 10.3. The van der Waals surface area contributed by atoms with Crippen LogP contribution in [0.25, 0.3) is 0 Å². The van der Waals surface area contributed by atoms with E-state index in [1.54, 1.807) is 13.3 Å². The molecule has 0 saturated heterocycles. The zero-order valence-electron chi connectivity index (χ0n) is 13.1. The van der Waals surface area contributed by atoms with Crippen molar-refractivity contribution in [3.63, 3.8) is 0 Å². The Bertz CT molecular complexity index is 675. The van der Waals surface area contributed by atoms with Gasteiger partial charge in [-0.1, -0.05) is 18.2 Å². The molecule has 0 saturated carbocycles. The number of rotatable bonds is 6. The molecule has 0 spiro atoms. The van der Waals surface area contributed by atoms with Gasteiger partial charge in [-0.15, -0.1) is 0 Å². The van der Waals surface area contributed by atoms with Crippen LogP contribution < -0.4 is 20.2 Å². The summed E-state index contributed by atoms with van der Waals surface area (Å²) < 4.78 is 10.8. The molecule has 0 aliphatic carbocycles. The van der Waals surface area contributed by atoms with Crippen molar-refractivity contribution in [1.29, 1.82) is 0 Å². The molecule has 0 unspecified atom stereocenters. The first-order valence-corrected chi connectivity index (χ1v) is 7.59. The lowest BCUT2D eigenvalue weighted by Gasteiger charge is -2.09. The molecule has 0 aliphatic rings. The molecule has 5 nitrogen and oxygen atoms in total. The number of ether oxygens (including phenoxy) is 2. The second-order valence-electron chi connectivity index (χ2n) is 4.53. The van der Waals surface area contributed by atoms with E-state index in [1.165, 1.54) is 0 Å². The lowest BCUT2D eigenvalue weighted by atomic mass is 10.2. The van der Waals surface area contributed by atoms with Gasteiger partial charge in [0.25, 0.3) is 0 Å². The van der Waals surface area contributed by atoms with E-state index in [-0.39, 0.29) is 0 Å². The van der Waals surface area contributed by atoms with Gasteiger partial charge in [0, 0.05) is 5.69 Å². The van der Waals surface area contributed by atoms with E-state index >= 15 is 0 Å². The first-order chi connectivity index (χ1) is 11.2. The van der Waals surface area contributed by atoms with Crippen LogP contribution in [-0.4, -0.2) is 25.0 Å². The fraction of sp³-hybridized carbons (Fsp3) is 0.176. The molecule has 2 N–H and O–H groups in total. The Labute approximate surface area is 141 Å². The Morgan fingerprint density at radius 3 is 2.65 bits per heavy atom. The number of hydrogen-bond donors (Lipinski definition) is 2. The van der Waals surface area contributed by atoms with Crippen LogP contribution >= 0.6 is 12.2 Å². The summed E-state index contributed by atoms with van der Waals surface area (Å²) >= 11 is 5.17. The van der Waals surface area contributed by atoms with Crippen LogP contribution in [-0.2, 0) is 0 Å². The van der Waals surface area contributed by atoms with Crippen molar-refractivity contribution in [1.82, 2.24) is 5.43 Å². The number of hydrazone groups is 1. The Balaban J connectivity index is 1.93. The Kier molecular flexibility index (Phi) is 6.38. The van der Waals surface area contributed by atoms with Gasteiger partial charge < -0.3 is 14.8 Å². The third kappa shape index (κ3) is 5.27. The monoisotopic (exact) mass is 329 g/mol. The highest BCUT2D eigenvalue weighted by Gasteiger charge is 2.04. The largest absolute Gasteiger partial charge is 0.493 e. The highest BCUT2D eigenvalue weighted by atomic mass is 32.1. The Hall–Kier alpha value is -2.60. The summed E-state index contributed by atoms with van der Waals surface area (Å²) in [6.07, 6.45) is 1.66. The number of methoxy groups -OCH3 is 1. The van der Waals surface area contributed by atoms with Gasteiger partial charge >= 0.3 is 0 Å². The van der Waals surface area contributed by atoms with E-state index in [1.807, 2.05) is 55.5 Å². The molecule has 2 aromatic rings. The minimum absolute atomic E-state index is 0.422. The van der Waals surface area contributed by atoms with E-state index in [4.69, 9.17) is 21.7 Å².